The lowest BCUT2D eigenvalue weighted by atomic mass is 9.39. The van der Waals surface area contributed by atoms with Crippen molar-refractivity contribution in [2.24, 2.45) is 11.3 Å². The molecule has 0 N–H and O–H groups in total. The second-order valence-electron chi connectivity index (χ2n) is 7.83. The van der Waals surface area contributed by atoms with Crippen LogP contribution in [0.15, 0.2) is 60.7 Å². The first-order valence-corrected chi connectivity index (χ1v) is 9.79. The summed E-state index contributed by atoms with van der Waals surface area (Å²) in [6.07, 6.45) is 3.77. The molecule has 2 aromatic carbocycles. The van der Waals surface area contributed by atoms with Crippen molar-refractivity contribution in [2.45, 2.75) is 50.2 Å². The van der Waals surface area contributed by atoms with E-state index >= 15 is 0 Å². The highest BCUT2D eigenvalue weighted by Gasteiger charge is 2.75. The molecule has 4 rings (SSSR count). The van der Waals surface area contributed by atoms with Gasteiger partial charge >= 0.3 is 0 Å². The maximum Gasteiger partial charge on any atom is 0.179 e. The third-order valence-corrected chi connectivity index (χ3v) is 6.62. The fourth-order valence-electron chi connectivity index (χ4n) is 5.41. The molecule has 136 valence electrons. The summed E-state index contributed by atoms with van der Waals surface area (Å²) in [5, 5.41) is 20.4. The minimum atomic E-state index is -1.14. The van der Waals surface area contributed by atoms with Crippen LogP contribution in [0.1, 0.15) is 55.8 Å². The number of rotatable bonds is 4. The van der Waals surface area contributed by atoms with Gasteiger partial charge in [0.25, 0.3) is 0 Å². The molecular weight excluding hydrogens is 332 g/mol. The Labute approximate surface area is 161 Å². The summed E-state index contributed by atoms with van der Waals surface area (Å²) < 4.78 is 6.67. The molecule has 2 aromatic rings. The number of hydrogen-bond donors (Lipinski definition) is 0. The molecule has 0 unspecified atom stereocenters. The normalized spacial score (nSPS) is 29.4. The second-order valence-corrected chi connectivity index (χ2v) is 7.83. The zero-order chi connectivity index (χ0) is 18.9. The number of ether oxygens (including phenoxy) is 1. The summed E-state index contributed by atoms with van der Waals surface area (Å²) >= 11 is 0. The molecule has 0 saturated heterocycles. The molecule has 0 heterocycles. The molecule has 3 heteroatoms. The van der Waals surface area contributed by atoms with Crippen LogP contribution in [-0.4, -0.2) is 5.60 Å². The van der Waals surface area contributed by atoms with Crippen LogP contribution >= 0.6 is 0 Å². The zero-order valence-electron chi connectivity index (χ0n) is 15.6. The van der Waals surface area contributed by atoms with Crippen LogP contribution in [0.25, 0.3) is 0 Å². The Balaban J connectivity index is 1.75. The van der Waals surface area contributed by atoms with Crippen LogP contribution < -0.4 is 0 Å². The Kier molecular flexibility index (Phi) is 4.50. The third kappa shape index (κ3) is 2.50. The summed E-state index contributed by atoms with van der Waals surface area (Å²) in [5.74, 6) is 0.121. The molecule has 0 spiro atoms. The van der Waals surface area contributed by atoms with Gasteiger partial charge in [-0.15, -0.1) is 0 Å². The molecule has 2 fully saturated rings. The van der Waals surface area contributed by atoms with Crippen molar-refractivity contribution < 1.29 is 4.74 Å². The minimum absolute atomic E-state index is 0.0861. The van der Waals surface area contributed by atoms with E-state index in [4.69, 9.17) is 4.74 Å². The van der Waals surface area contributed by atoms with Gasteiger partial charge in [-0.05, 0) is 30.9 Å². The van der Waals surface area contributed by atoms with Crippen molar-refractivity contribution in [1.29, 1.82) is 10.5 Å². The average molecular weight is 356 g/mol. The Morgan fingerprint density at radius 1 is 0.963 bits per heavy atom. The Hall–Kier alpha value is -2.62. The second kappa shape index (κ2) is 6.84. The molecule has 0 aromatic heterocycles. The number of benzene rings is 2. The van der Waals surface area contributed by atoms with Crippen molar-refractivity contribution in [3.05, 3.63) is 71.8 Å². The standard InChI is InChI=1S/C24H24N2O/c1-18(19-10-4-2-5-11-19)27-24-15-9-8-14-21(24)22(23(24,16-25)17-26)20-12-6-3-7-13-20/h2-7,10-13,18,21-22H,8-9,14-15H2,1H3/t18-,21+,22+,24+/m0/s1. The van der Waals surface area contributed by atoms with Crippen molar-refractivity contribution in [1.82, 2.24) is 0 Å². The summed E-state index contributed by atoms with van der Waals surface area (Å²) in [4.78, 5) is 0. The predicted molar refractivity (Wildman–Crippen MR) is 103 cm³/mol. The maximum absolute atomic E-state index is 10.2. The summed E-state index contributed by atoms with van der Waals surface area (Å²) in [7, 11) is 0. The molecule has 4 atom stereocenters. The van der Waals surface area contributed by atoms with Crippen LogP contribution in [0.2, 0.25) is 0 Å². The van der Waals surface area contributed by atoms with Crippen molar-refractivity contribution in [3.63, 3.8) is 0 Å². The van der Waals surface area contributed by atoms with Crippen LogP contribution in [0.3, 0.4) is 0 Å². The van der Waals surface area contributed by atoms with Crippen molar-refractivity contribution >= 4 is 0 Å². The minimum Gasteiger partial charge on any atom is -0.364 e. The van der Waals surface area contributed by atoms with Gasteiger partial charge in [0.2, 0.25) is 0 Å². The summed E-state index contributed by atoms with van der Waals surface area (Å²) in [5.41, 5.74) is 0.343. The highest BCUT2D eigenvalue weighted by atomic mass is 16.5. The molecule has 2 aliphatic carbocycles. The first-order chi connectivity index (χ1) is 13.2. The highest BCUT2D eigenvalue weighted by Crippen LogP contribution is 2.70. The third-order valence-electron chi connectivity index (χ3n) is 6.62. The van der Waals surface area contributed by atoms with E-state index in [9.17, 15) is 10.5 Å². The van der Waals surface area contributed by atoms with Crippen LogP contribution in [-0.2, 0) is 4.74 Å². The zero-order valence-corrected chi connectivity index (χ0v) is 15.6. The van der Waals surface area contributed by atoms with Crippen molar-refractivity contribution in [2.75, 3.05) is 0 Å². The smallest absolute Gasteiger partial charge is 0.179 e. The molecular formula is C24H24N2O. The van der Waals surface area contributed by atoms with Crippen LogP contribution in [0.4, 0.5) is 0 Å². The molecule has 0 bridgehead atoms. The topological polar surface area (TPSA) is 56.8 Å². The van der Waals surface area contributed by atoms with E-state index < -0.39 is 11.0 Å². The van der Waals surface area contributed by atoms with Gasteiger partial charge in [0.1, 0.15) is 5.60 Å². The number of hydrogen-bond acceptors (Lipinski definition) is 3. The fourth-order valence-corrected chi connectivity index (χ4v) is 5.41. The molecule has 2 saturated carbocycles. The summed E-state index contributed by atoms with van der Waals surface area (Å²) in [6, 6.07) is 25.0. The predicted octanol–water partition coefficient (Wildman–Crippen LogP) is 5.52. The highest BCUT2D eigenvalue weighted by molar-refractivity contribution is 5.45. The summed E-state index contributed by atoms with van der Waals surface area (Å²) in [6.45, 7) is 2.03. The van der Waals surface area contributed by atoms with E-state index in [0.717, 1.165) is 36.8 Å². The van der Waals surface area contributed by atoms with E-state index in [1.807, 2.05) is 67.6 Å². The van der Waals surface area contributed by atoms with E-state index in [-0.39, 0.29) is 17.9 Å². The Morgan fingerprint density at radius 3 is 2.22 bits per heavy atom. The van der Waals surface area contributed by atoms with Gasteiger partial charge in [-0.25, -0.2) is 0 Å². The molecule has 2 aliphatic rings. The van der Waals surface area contributed by atoms with Gasteiger partial charge < -0.3 is 4.74 Å². The molecule has 3 nitrogen and oxygen atoms in total. The van der Waals surface area contributed by atoms with Gasteiger partial charge in [0.15, 0.2) is 5.41 Å². The first-order valence-electron chi connectivity index (χ1n) is 9.79. The lowest BCUT2D eigenvalue weighted by Gasteiger charge is -2.65. The Morgan fingerprint density at radius 2 is 1.59 bits per heavy atom. The van der Waals surface area contributed by atoms with Crippen LogP contribution in [0, 0.1) is 34.0 Å². The maximum atomic E-state index is 10.2. The largest absolute Gasteiger partial charge is 0.364 e. The quantitative estimate of drug-likeness (QED) is 0.724. The molecule has 0 amide bonds. The van der Waals surface area contributed by atoms with Crippen LogP contribution in [0.5, 0.6) is 0 Å². The van der Waals surface area contributed by atoms with E-state index in [2.05, 4.69) is 12.1 Å². The monoisotopic (exact) mass is 356 g/mol. The van der Waals surface area contributed by atoms with Gasteiger partial charge in [-0.3, -0.25) is 0 Å². The van der Waals surface area contributed by atoms with E-state index in [1.54, 1.807) is 0 Å². The van der Waals surface area contributed by atoms with Gasteiger partial charge in [0, 0.05) is 11.8 Å². The number of nitriles is 2. The molecule has 0 radical (unpaired) electrons. The fraction of sp³-hybridized carbons (Fsp3) is 0.417. The Bertz CT molecular complexity index is 866. The SMILES string of the molecule is C[C@H](O[C@]12CCCC[C@@H]1[C@@H](c1ccccc1)C2(C#N)C#N)c1ccccc1. The lowest BCUT2D eigenvalue weighted by Crippen LogP contribution is -2.70. The number of fused-ring (bicyclic) bond motifs is 1. The average Bonchev–Trinajstić information content (AvgIpc) is 2.72. The van der Waals surface area contributed by atoms with Gasteiger partial charge in [-0.1, -0.05) is 73.5 Å². The van der Waals surface area contributed by atoms with Crippen molar-refractivity contribution in [3.8, 4) is 12.1 Å². The number of nitrogens with zero attached hydrogens (tertiary/aromatic N) is 2. The van der Waals surface area contributed by atoms with Gasteiger partial charge in [0.05, 0.1) is 18.2 Å². The van der Waals surface area contributed by atoms with E-state index in [0.29, 0.717) is 0 Å². The lowest BCUT2D eigenvalue weighted by molar-refractivity contribution is -0.256. The first kappa shape index (κ1) is 17.8. The van der Waals surface area contributed by atoms with E-state index in [1.165, 1.54) is 0 Å². The molecule has 27 heavy (non-hydrogen) atoms. The molecule has 0 aliphatic heterocycles. The van der Waals surface area contributed by atoms with Gasteiger partial charge in [-0.2, -0.15) is 10.5 Å².